The number of hydrogen-bond donors (Lipinski definition) is 0. The summed E-state index contributed by atoms with van der Waals surface area (Å²) < 4.78 is 17.5. The van der Waals surface area contributed by atoms with Crippen LogP contribution in [0.5, 0.6) is 0 Å². The van der Waals surface area contributed by atoms with Crippen LogP contribution in [0.2, 0.25) is 0 Å². The molecule has 0 aliphatic carbocycles. The summed E-state index contributed by atoms with van der Waals surface area (Å²) in [5.41, 5.74) is 1.12. The second kappa shape index (κ2) is 8.27. The SMILES string of the molecule is CC(=O)OC(COCc1ccccc1)C[N+]1(C)CCOCC1. The highest BCUT2D eigenvalue weighted by Crippen LogP contribution is 2.12. The first kappa shape index (κ1) is 16.9. The monoisotopic (exact) mass is 308 g/mol. The van der Waals surface area contributed by atoms with E-state index in [-0.39, 0.29) is 12.1 Å². The van der Waals surface area contributed by atoms with Crippen molar-refractivity contribution >= 4 is 5.97 Å². The van der Waals surface area contributed by atoms with Gasteiger partial charge in [0.15, 0.2) is 6.10 Å². The normalized spacial score (nSPS) is 18.6. The lowest BCUT2D eigenvalue weighted by Gasteiger charge is -2.39. The number of quaternary nitrogens is 1. The van der Waals surface area contributed by atoms with Crippen molar-refractivity contribution in [2.24, 2.45) is 0 Å². The van der Waals surface area contributed by atoms with E-state index in [1.807, 2.05) is 30.3 Å². The molecule has 2 rings (SSSR count). The van der Waals surface area contributed by atoms with Crippen LogP contribution in [0.25, 0.3) is 0 Å². The Bertz CT molecular complexity index is 457. The summed E-state index contributed by atoms with van der Waals surface area (Å²) in [5, 5.41) is 0. The number of hydrogen-bond acceptors (Lipinski definition) is 4. The Hall–Kier alpha value is -1.43. The Morgan fingerprint density at radius 2 is 1.95 bits per heavy atom. The van der Waals surface area contributed by atoms with Crippen LogP contribution in [0.15, 0.2) is 30.3 Å². The number of rotatable bonds is 7. The average molecular weight is 308 g/mol. The van der Waals surface area contributed by atoms with Crippen molar-refractivity contribution in [3.63, 3.8) is 0 Å². The lowest BCUT2D eigenvalue weighted by molar-refractivity contribution is -0.919. The molecule has 122 valence electrons. The molecule has 0 radical (unpaired) electrons. The molecule has 1 heterocycles. The fourth-order valence-electron chi connectivity index (χ4n) is 2.70. The number of morpholine rings is 1. The summed E-state index contributed by atoms with van der Waals surface area (Å²) in [5.74, 6) is -0.256. The summed E-state index contributed by atoms with van der Waals surface area (Å²) >= 11 is 0. The van der Waals surface area contributed by atoms with E-state index in [9.17, 15) is 4.79 Å². The van der Waals surface area contributed by atoms with E-state index in [4.69, 9.17) is 14.2 Å². The van der Waals surface area contributed by atoms with Crippen LogP contribution in [0.4, 0.5) is 0 Å². The van der Waals surface area contributed by atoms with E-state index in [1.165, 1.54) is 6.92 Å². The van der Waals surface area contributed by atoms with Gasteiger partial charge in [-0.05, 0) is 5.56 Å². The Morgan fingerprint density at radius 1 is 1.27 bits per heavy atom. The molecule has 0 saturated carbocycles. The first-order chi connectivity index (χ1) is 10.6. The van der Waals surface area contributed by atoms with E-state index < -0.39 is 0 Å². The molecule has 1 aliphatic rings. The largest absolute Gasteiger partial charge is 0.454 e. The van der Waals surface area contributed by atoms with Crippen LogP contribution in [0.3, 0.4) is 0 Å². The Morgan fingerprint density at radius 3 is 2.59 bits per heavy atom. The molecule has 0 bridgehead atoms. The number of carbonyl (C=O) groups excluding carboxylic acids is 1. The van der Waals surface area contributed by atoms with Gasteiger partial charge in [-0.15, -0.1) is 0 Å². The first-order valence-corrected chi connectivity index (χ1v) is 7.78. The molecule has 0 amide bonds. The van der Waals surface area contributed by atoms with Crippen LogP contribution in [0, 0.1) is 0 Å². The van der Waals surface area contributed by atoms with Crippen LogP contribution in [-0.4, -0.2) is 63.1 Å². The summed E-state index contributed by atoms with van der Waals surface area (Å²) in [6.07, 6.45) is -0.218. The van der Waals surface area contributed by atoms with E-state index in [0.717, 1.165) is 42.9 Å². The Kier molecular flexibility index (Phi) is 6.36. The molecule has 5 nitrogen and oxygen atoms in total. The lowest BCUT2D eigenvalue weighted by atomic mass is 10.2. The van der Waals surface area contributed by atoms with Gasteiger partial charge in [-0.25, -0.2) is 0 Å². The van der Waals surface area contributed by atoms with Crippen molar-refractivity contribution in [1.29, 1.82) is 0 Å². The third-order valence-electron chi connectivity index (χ3n) is 3.94. The molecule has 1 aromatic rings. The maximum atomic E-state index is 11.3. The van der Waals surface area contributed by atoms with Crippen LogP contribution >= 0.6 is 0 Å². The number of benzene rings is 1. The maximum absolute atomic E-state index is 11.3. The minimum absolute atomic E-state index is 0.218. The Labute approximate surface area is 132 Å². The second-order valence-electron chi connectivity index (χ2n) is 6.09. The highest BCUT2D eigenvalue weighted by atomic mass is 16.6. The van der Waals surface area contributed by atoms with Crippen LogP contribution in [-0.2, 0) is 25.6 Å². The summed E-state index contributed by atoms with van der Waals surface area (Å²) in [6.45, 7) is 6.56. The zero-order valence-corrected chi connectivity index (χ0v) is 13.5. The zero-order chi connectivity index (χ0) is 15.8. The molecule has 1 saturated heterocycles. The molecule has 1 atom stereocenters. The van der Waals surface area contributed by atoms with E-state index in [0.29, 0.717) is 13.2 Å². The maximum Gasteiger partial charge on any atom is 0.303 e. The standard InChI is InChI=1S/C17H26NO4/c1-15(19)22-17(12-18(2)8-10-20-11-9-18)14-21-13-16-6-4-3-5-7-16/h3-7,17H,8-14H2,1-2H3/q+1. The van der Waals surface area contributed by atoms with Crippen molar-refractivity contribution in [2.75, 3.05) is 46.5 Å². The molecular formula is C17H26NO4+. The quantitative estimate of drug-likeness (QED) is 0.567. The molecule has 1 aromatic carbocycles. The second-order valence-corrected chi connectivity index (χ2v) is 6.09. The fourth-order valence-corrected chi connectivity index (χ4v) is 2.70. The number of carbonyl (C=O) groups is 1. The van der Waals surface area contributed by atoms with Gasteiger partial charge >= 0.3 is 5.97 Å². The molecule has 1 unspecified atom stereocenters. The molecule has 0 aromatic heterocycles. The minimum atomic E-state index is -0.256. The summed E-state index contributed by atoms with van der Waals surface area (Å²) in [4.78, 5) is 11.3. The first-order valence-electron chi connectivity index (χ1n) is 7.78. The predicted octanol–water partition coefficient (Wildman–Crippen LogP) is 1.61. The third kappa shape index (κ3) is 5.75. The van der Waals surface area contributed by atoms with Gasteiger partial charge in [0.2, 0.25) is 0 Å². The number of nitrogens with zero attached hydrogens (tertiary/aromatic N) is 1. The Balaban J connectivity index is 1.84. The third-order valence-corrected chi connectivity index (χ3v) is 3.94. The van der Waals surface area contributed by atoms with Crippen molar-refractivity contribution in [3.8, 4) is 0 Å². The highest BCUT2D eigenvalue weighted by Gasteiger charge is 2.30. The van der Waals surface area contributed by atoms with Crippen molar-refractivity contribution in [2.45, 2.75) is 19.6 Å². The van der Waals surface area contributed by atoms with E-state index in [1.54, 1.807) is 0 Å². The topological polar surface area (TPSA) is 44.8 Å². The number of esters is 1. The molecule has 22 heavy (non-hydrogen) atoms. The van der Waals surface area contributed by atoms with Gasteiger partial charge in [0.25, 0.3) is 0 Å². The molecule has 1 aliphatic heterocycles. The molecule has 5 heteroatoms. The van der Waals surface area contributed by atoms with Crippen LogP contribution < -0.4 is 0 Å². The van der Waals surface area contributed by atoms with Gasteiger partial charge in [-0.1, -0.05) is 30.3 Å². The van der Waals surface area contributed by atoms with Gasteiger partial charge in [-0.3, -0.25) is 4.79 Å². The summed E-state index contributed by atoms with van der Waals surface area (Å²) in [6, 6.07) is 10.0. The summed E-state index contributed by atoms with van der Waals surface area (Å²) in [7, 11) is 2.18. The van der Waals surface area contributed by atoms with E-state index >= 15 is 0 Å². The zero-order valence-electron chi connectivity index (χ0n) is 13.5. The van der Waals surface area contributed by atoms with Crippen LogP contribution in [0.1, 0.15) is 12.5 Å². The minimum Gasteiger partial charge on any atom is -0.454 e. The highest BCUT2D eigenvalue weighted by molar-refractivity contribution is 5.66. The molecule has 0 spiro atoms. The van der Waals surface area contributed by atoms with Crippen molar-refractivity contribution < 1.29 is 23.5 Å². The predicted molar refractivity (Wildman–Crippen MR) is 83.3 cm³/mol. The van der Waals surface area contributed by atoms with Gasteiger partial charge in [0, 0.05) is 6.92 Å². The van der Waals surface area contributed by atoms with E-state index in [2.05, 4.69) is 7.05 Å². The van der Waals surface area contributed by atoms with Gasteiger partial charge in [0.05, 0.1) is 33.5 Å². The lowest BCUT2D eigenvalue weighted by Crippen LogP contribution is -2.56. The van der Waals surface area contributed by atoms with Gasteiger partial charge in [0.1, 0.15) is 19.6 Å². The molecule has 0 N–H and O–H groups in total. The molecular weight excluding hydrogens is 282 g/mol. The average Bonchev–Trinajstić information content (AvgIpc) is 2.48. The van der Waals surface area contributed by atoms with Crippen molar-refractivity contribution in [1.82, 2.24) is 0 Å². The smallest absolute Gasteiger partial charge is 0.303 e. The van der Waals surface area contributed by atoms with Gasteiger partial charge < -0.3 is 18.7 Å². The molecule has 1 fully saturated rings. The fraction of sp³-hybridized carbons (Fsp3) is 0.588. The number of ether oxygens (including phenoxy) is 3. The number of likely N-dealkylation sites (N-methyl/N-ethyl adjacent to an activating group) is 1. The van der Waals surface area contributed by atoms with Gasteiger partial charge in [-0.2, -0.15) is 0 Å². The van der Waals surface area contributed by atoms with Crippen molar-refractivity contribution in [3.05, 3.63) is 35.9 Å².